The van der Waals surface area contributed by atoms with Crippen molar-refractivity contribution >= 4 is 0 Å². The van der Waals surface area contributed by atoms with Crippen LogP contribution in [0.5, 0.6) is 0 Å². The highest BCUT2D eigenvalue weighted by atomic mass is 19.3. The maximum atomic E-state index is 13.6. The number of hydrogen-bond donors (Lipinski definition) is 1. The molecule has 94 valence electrons. The number of rotatable bonds is 3. The first-order chi connectivity index (χ1) is 8.54. The fourth-order valence-electron chi connectivity index (χ4n) is 1.93. The molecule has 0 saturated carbocycles. The molecule has 0 saturated heterocycles. The average molecular weight is 247 g/mol. The van der Waals surface area contributed by atoms with Crippen LogP contribution < -0.4 is 5.73 Å². The molecule has 2 N–H and O–H groups in total. The Labute approximate surface area is 105 Å². The maximum absolute atomic E-state index is 13.6. The fourth-order valence-corrected chi connectivity index (χ4v) is 1.93. The topological polar surface area (TPSA) is 26.0 Å². The monoisotopic (exact) mass is 247 g/mol. The van der Waals surface area contributed by atoms with Gasteiger partial charge in [-0.2, -0.15) is 8.78 Å². The van der Waals surface area contributed by atoms with Crippen molar-refractivity contribution < 1.29 is 8.78 Å². The van der Waals surface area contributed by atoms with E-state index >= 15 is 0 Å². The van der Waals surface area contributed by atoms with E-state index < -0.39 is 12.5 Å². The molecule has 2 aromatic rings. The van der Waals surface area contributed by atoms with Gasteiger partial charge in [-0.3, -0.25) is 0 Å². The van der Waals surface area contributed by atoms with Crippen LogP contribution in [0.2, 0.25) is 0 Å². The summed E-state index contributed by atoms with van der Waals surface area (Å²) in [7, 11) is 0. The predicted octanol–water partition coefficient (Wildman–Crippen LogP) is 3.71. The molecule has 0 aliphatic heterocycles. The molecule has 0 aliphatic carbocycles. The highest BCUT2D eigenvalue weighted by Crippen LogP contribution is 2.31. The molecule has 18 heavy (non-hydrogen) atoms. The number of halogens is 2. The van der Waals surface area contributed by atoms with Gasteiger partial charge in [0.25, 0.3) is 5.92 Å². The number of aryl methyl sites for hydroxylation is 1. The SMILES string of the molecule is Cc1ccccc1-c1cccc(C(F)(F)CN)c1. The van der Waals surface area contributed by atoms with Crippen molar-refractivity contribution in [3.8, 4) is 11.1 Å². The van der Waals surface area contributed by atoms with Crippen molar-refractivity contribution in [1.82, 2.24) is 0 Å². The number of alkyl halides is 2. The van der Waals surface area contributed by atoms with E-state index in [1.807, 2.05) is 37.3 Å². The first-order valence-corrected chi connectivity index (χ1v) is 5.79. The second-order valence-corrected chi connectivity index (χ2v) is 4.30. The van der Waals surface area contributed by atoms with Crippen LogP contribution in [-0.4, -0.2) is 6.54 Å². The Morgan fingerprint density at radius 1 is 1.06 bits per heavy atom. The van der Waals surface area contributed by atoms with Crippen LogP contribution in [0.3, 0.4) is 0 Å². The normalized spacial score (nSPS) is 11.6. The van der Waals surface area contributed by atoms with Crippen LogP contribution in [-0.2, 0) is 5.92 Å². The Balaban J connectivity index is 2.49. The number of hydrogen-bond acceptors (Lipinski definition) is 1. The Bertz CT molecular complexity index is 550. The molecule has 0 bridgehead atoms. The molecule has 0 unspecified atom stereocenters. The van der Waals surface area contributed by atoms with Gasteiger partial charge in [-0.15, -0.1) is 0 Å². The summed E-state index contributed by atoms with van der Waals surface area (Å²) in [6, 6.07) is 14.1. The zero-order valence-electron chi connectivity index (χ0n) is 10.2. The molecule has 0 atom stereocenters. The quantitative estimate of drug-likeness (QED) is 0.879. The molecule has 0 heterocycles. The van der Waals surface area contributed by atoms with Gasteiger partial charge in [0.15, 0.2) is 0 Å². The van der Waals surface area contributed by atoms with Gasteiger partial charge in [0, 0.05) is 5.56 Å². The van der Waals surface area contributed by atoms with E-state index in [0.29, 0.717) is 0 Å². The lowest BCUT2D eigenvalue weighted by Gasteiger charge is -2.15. The van der Waals surface area contributed by atoms with Gasteiger partial charge in [0.1, 0.15) is 0 Å². The number of nitrogens with two attached hydrogens (primary N) is 1. The standard InChI is InChI=1S/C15H15F2N/c1-11-5-2-3-8-14(11)12-6-4-7-13(9-12)15(16,17)10-18/h2-9H,10,18H2,1H3. The summed E-state index contributed by atoms with van der Waals surface area (Å²) in [4.78, 5) is 0. The van der Waals surface area contributed by atoms with Crippen molar-refractivity contribution in [3.63, 3.8) is 0 Å². The van der Waals surface area contributed by atoms with E-state index in [2.05, 4.69) is 0 Å². The molecule has 2 rings (SSSR count). The molecule has 0 aromatic heterocycles. The average Bonchev–Trinajstić information content (AvgIpc) is 2.39. The maximum Gasteiger partial charge on any atom is 0.285 e. The first-order valence-electron chi connectivity index (χ1n) is 5.79. The second-order valence-electron chi connectivity index (χ2n) is 4.30. The third-order valence-electron chi connectivity index (χ3n) is 3.00. The summed E-state index contributed by atoms with van der Waals surface area (Å²) < 4.78 is 27.1. The molecule has 0 amide bonds. The lowest BCUT2D eigenvalue weighted by molar-refractivity contribution is 0.00599. The highest BCUT2D eigenvalue weighted by molar-refractivity contribution is 5.67. The molecule has 0 radical (unpaired) electrons. The van der Waals surface area contributed by atoms with Gasteiger partial charge < -0.3 is 5.73 Å². The molecule has 0 spiro atoms. The predicted molar refractivity (Wildman–Crippen MR) is 69.6 cm³/mol. The molecule has 0 fully saturated rings. The van der Waals surface area contributed by atoms with Crippen LogP contribution in [0.1, 0.15) is 11.1 Å². The first kappa shape index (κ1) is 12.7. The highest BCUT2D eigenvalue weighted by Gasteiger charge is 2.29. The van der Waals surface area contributed by atoms with E-state index in [4.69, 9.17) is 5.73 Å². The Morgan fingerprint density at radius 3 is 2.44 bits per heavy atom. The molecular weight excluding hydrogens is 232 g/mol. The molecule has 0 aliphatic rings. The van der Waals surface area contributed by atoms with Gasteiger partial charge >= 0.3 is 0 Å². The van der Waals surface area contributed by atoms with Crippen LogP contribution in [0, 0.1) is 6.92 Å². The molecule has 1 nitrogen and oxygen atoms in total. The van der Waals surface area contributed by atoms with E-state index in [-0.39, 0.29) is 5.56 Å². The smallest absolute Gasteiger partial charge is 0.285 e. The van der Waals surface area contributed by atoms with Crippen molar-refractivity contribution in [1.29, 1.82) is 0 Å². The molecule has 2 aromatic carbocycles. The van der Waals surface area contributed by atoms with E-state index in [1.54, 1.807) is 6.07 Å². The summed E-state index contributed by atoms with van der Waals surface area (Å²) in [5.74, 6) is -2.97. The fraction of sp³-hybridized carbons (Fsp3) is 0.200. The van der Waals surface area contributed by atoms with Gasteiger partial charge in [0.2, 0.25) is 0 Å². The van der Waals surface area contributed by atoms with Gasteiger partial charge in [-0.05, 0) is 29.7 Å². The Hall–Kier alpha value is -1.74. The lowest BCUT2D eigenvalue weighted by atomic mass is 9.97. The van der Waals surface area contributed by atoms with E-state index in [0.717, 1.165) is 16.7 Å². The number of benzene rings is 2. The van der Waals surface area contributed by atoms with Crippen LogP contribution in [0.4, 0.5) is 8.78 Å². The van der Waals surface area contributed by atoms with Crippen molar-refractivity contribution in [3.05, 3.63) is 59.7 Å². The summed E-state index contributed by atoms with van der Waals surface area (Å²) in [5, 5.41) is 0. The molecular formula is C15H15F2N. The molecule has 3 heteroatoms. The summed E-state index contributed by atoms with van der Waals surface area (Å²) >= 11 is 0. The summed E-state index contributed by atoms with van der Waals surface area (Å²) in [5.41, 5.74) is 7.89. The summed E-state index contributed by atoms with van der Waals surface area (Å²) in [6.07, 6.45) is 0. The van der Waals surface area contributed by atoms with Crippen LogP contribution >= 0.6 is 0 Å². The third-order valence-corrected chi connectivity index (χ3v) is 3.00. The largest absolute Gasteiger partial charge is 0.325 e. The minimum atomic E-state index is -2.97. The van der Waals surface area contributed by atoms with E-state index in [1.165, 1.54) is 12.1 Å². The van der Waals surface area contributed by atoms with Gasteiger partial charge in [-0.25, -0.2) is 0 Å². The Morgan fingerprint density at radius 2 is 1.78 bits per heavy atom. The van der Waals surface area contributed by atoms with Crippen molar-refractivity contribution in [2.45, 2.75) is 12.8 Å². The van der Waals surface area contributed by atoms with Gasteiger partial charge in [-0.1, -0.05) is 42.5 Å². The zero-order valence-corrected chi connectivity index (χ0v) is 10.2. The zero-order chi connectivity index (χ0) is 13.2. The minimum Gasteiger partial charge on any atom is -0.325 e. The van der Waals surface area contributed by atoms with Crippen molar-refractivity contribution in [2.24, 2.45) is 5.73 Å². The van der Waals surface area contributed by atoms with E-state index in [9.17, 15) is 8.78 Å². The van der Waals surface area contributed by atoms with Crippen molar-refractivity contribution in [2.75, 3.05) is 6.54 Å². The minimum absolute atomic E-state index is 0.0363. The Kier molecular flexibility index (Phi) is 3.43. The van der Waals surface area contributed by atoms with Crippen LogP contribution in [0.25, 0.3) is 11.1 Å². The van der Waals surface area contributed by atoms with Gasteiger partial charge in [0.05, 0.1) is 6.54 Å². The second kappa shape index (κ2) is 4.86. The summed E-state index contributed by atoms with van der Waals surface area (Å²) in [6.45, 7) is 1.29. The van der Waals surface area contributed by atoms with Crippen LogP contribution in [0.15, 0.2) is 48.5 Å². The lowest BCUT2D eigenvalue weighted by Crippen LogP contribution is -2.24. The third kappa shape index (κ3) is 2.41.